The van der Waals surface area contributed by atoms with Crippen LogP contribution in [-0.2, 0) is 0 Å². The molecule has 0 saturated heterocycles. The first-order chi connectivity index (χ1) is 11.1. The van der Waals surface area contributed by atoms with Crippen LogP contribution in [0, 0.1) is 46.3 Å². The molecule has 24 heavy (non-hydrogen) atoms. The summed E-state index contributed by atoms with van der Waals surface area (Å²) in [6.07, 6.45) is 5.46. The summed E-state index contributed by atoms with van der Waals surface area (Å²) in [5.41, 5.74) is 1.11. The van der Waals surface area contributed by atoms with E-state index >= 15 is 0 Å². The van der Waals surface area contributed by atoms with E-state index in [4.69, 9.17) is 12.2 Å². The Morgan fingerprint density at radius 1 is 0.750 bits per heavy atom. The van der Waals surface area contributed by atoms with Crippen LogP contribution in [0.25, 0.3) is 0 Å². The normalized spacial score (nSPS) is 50.2. The quantitative estimate of drug-likeness (QED) is 0.714. The zero-order chi connectivity index (χ0) is 17.4. The van der Waals surface area contributed by atoms with E-state index in [1.807, 2.05) is 0 Å². The summed E-state index contributed by atoms with van der Waals surface area (Å²) < 4.78 is 0. The van der Waals surface area contributed by atoms with E-state index in [1.54, 1.807) is 0 Å². The Morgan fingerprint density at radius 2 is 1.12 bits per heavy atom. The second-order valence-corrected chi connectivity index (χ2v) is 11.1. The molecule has 6 aliphatic carbocycles. The predicted octanol–water partition coefficient (Wildman–Crippen LogP) is 4.59. The molecular weight excluding hydrogens is 312 g/mol. The molecule has 0 aromatic heterocycles. The molecule has 0 heterocycles. The number of rotatable bonds is 2. The van der Waals surface area contributed by atoms with E-state index in [-0.39, 0.29) is 0 Å². The SMILES string of the molecule is C[C@H]1[C@@H](NC(=S)N[C@H]2C[C@@H]3C[C@H]([C@H]2C)C3(C)C)C[C@@H]2C[C@H]1C2(C)C. The summed E-state index contributed by atoms with van der Waals surface area (Å²) in [5, 5.41) is 8.33. The molecular formula is C21H36N2S. The zero-order valence-corrected chi connectivity index (χ0v) is 17.2. The van der Waals surface area contributed by atoms with Crippen molar-refractivity contribution in [3.63, 3.8) is 0 Å². The van der Waals surface area contributed by atoms with Gasteiger partial charge in [0.05, 0.1) is 0 Å². The maximum atomic E-state index is 5.72. The zero-order valence-electron chi connectivity index (χ0n) is 16.4. The second kappa shape index (κ2) is 5.34. The minimum absolute atomic E-state index is 0.553. The first-order valence-corrected chi connectivity index (χ1v) is 10.6. The molecule has 0 amide bonds. The number of nitrogens with one attached hydrogen (secondary N) is 2. The van der Waals surface area contributed by atoms with Gasteiger partial charge in [0.25, 0.3) is 0 Å². The van der Waals surface area contributed by atoms with Crippen molar-refractivity contribution in [2.45, 2.75) is 79.3 Å². The molecule has 6 fully saturated rings. The summed E-state index contributed by atoms with van der Waals surface area (Å²) >= 11 is 5.72. The smallest absolute Gasteiger partial charge is 0.166 e. The van der Waals surface area contributed by atoms with Crippen LogP contribution in [0.2, 0.25) is 0 Å². The Kier molecular flexibility index (Phi) is 3.81. The van der Waals surface area contributed by atoms with E-state index in [1.165, 1.54) is 25.7 Å². The van der Waals surface area contributed by atoms with Crippen molar-refractivity contribution in [1.82, 2.24) is 10.6 Å². The van der Waals surface area contributed by atoms with E-state index in [0.29, 0.717) is 22.9 Å². The standard InChI is InChI=1S/C21H36N2S/c1-11-15-7-13(20(15,3)4)9-17(11)22-19(24)23-18-10-14-8-16(12(18)2)21(14,5)6/h11-18H,7-10H2,1-6H3,(H2,22,23,24)/t11-,12-,13+,14+,15-,16-,17+,18+/m1/s1. The van der Waals surface area contributed by atoms with Gasteiger partial charge in [-0.2, -0.15) is 0 Å². The van der Waals surface area contributed by atoms with Crippen molar-refractivity contribution in [3.8, 4) is 0 Å². The summed E-state index contributed by atoms with van der Waals surface area (Å²) in [6, 6.07) is 1.15. The molecule has 8 atom stereocenters. The van der Waals surface area contributed by atoms with Gasteiger partial charge in [0, 0.05) is 12.1 Å². The van der Waals surface area contributed by atoms with Gasteiger partial charge in [-0.15, -0.1) is 0 Å². The van der Waals surface area contributed by atoms with Gasteiger partial charge in [-0.25, -0.2) is 0 Å². The molecule has 0 aliphatic heterocycles. The van der Waals surface area contributed by atoms with Gasteiger partial charge in [-0.05, 0) is 84.2 Å². The molecule has 0 radical (unpaired) electrons. The predicted molar refractivity (Wildman–Crippen MR) is 105 cm³/mol. The lowest BCUT2D eigenvalue weighted by atomic mass is 9.44. The average molecular weight is 349 g/mol. The van der Waals surface area contributed by atoms with Crippen molar-refractivity contribution < 1.29 is 0 Å². The first-order valence-electron chi connectivity index (χ1n) is 10.2. The fraction of sp³-hybridized carbons (Fsp3) is 0.952. The lowest BCUT2D eigenvalue weighted by Gasteiger charge is -2.63. The van der Waals surface area contributed by atoms with Gasteiger partial charge in [0.15, 0.2) is 5.11 Å². The average Bonchev–Trinajstić information content (AvgIpc) is 2.50. The van der Waals surface area contributed by atoms with Gasteiger partial charge < -0.3 is 10.6 Å². The monoisotopic (exact) mass is 348 g/mol. The number of thiocarbonyl (C=S) groups is 1. The Bertz CT molecular complexity index is 494. The lowest BCUT2D eigenvalue weighted by Crippen LogP contribution is -2.64. The van der Waals surface area contributed by atoms with Crippen LogP contribution in [-0.4, -0.2) is 17.2 Å². The van der Waals surface area contributed by atoms with Gasteiger partial charge in [0.1, 0.15) is 0 Å². The van der Waals surface area contributed by atoms with Crippen LogP contribution in [0.5, 0.6) is 0 Å². The van der Waals surface area contributed by atoms with Gasteiger partial charge in [-0.1, -0.05) is 41.5 Å². The largest absolute Gasteiger partial charge is 0.360 e. The number of fused-ring (bicyclic) bond motifs is 4. The second-order valence-electron chi connectivity index (χ2n) is 10.7. The fourth-order valence-electron chi connectivity index (χ4n) is 7.06. The Balaban J connectivity index is 1.32. The van der Waals surface area contributed by atoms with Gasteiger partial charge in [0.2, 0.25) is 0 Å². The summed E-state index contributed by atoms with van der Waals surface area (Å²) in [4.78, 5) is 0. The molecule has 4 bridgehead atoms. The molecule has 2 nitrogen and oxygen atoms in total. The van der Waals surface area contributed by atoms with Crippen molar-refractivity contribution in [1.29, 1.82) is 0 Å². The molecule has 3 heteroatoms. The van der Waals surface area contributed by atoms with Crippen LogP contribution < -0.4 is 10.6 Å². The van der Waals surface area contributed by atoms with Crippen LogP contribution in [0.4, 0.5) is 0 Å². The van der Waals surface area contributed by atoms with Crippen molar-refractivity contribution in [2.24, 2.45) is 46.3 Å². The number of hydrogen-bond donors (Lipinski definition) is 2. The van der Waals surface area contributed by atoms with E-state index in [2.05, 4.69) is 52.2 Å². The molecule has 6 rings (SSSR count). The van der Waals surface area contributed by atoms with E-state index < -0.39 is 0 Å². The molecule has 136 valence electrons. The van der Waals surface area contributed by atoms with E-state index in [9.17, 15) is 0 Å². The van der Waals surface area contributed by atoms with Crippen LogP contribution >= 0.6 is 12.2 Å². The molecule has 0 aromatic carbocycles. The lowest BCUT2D eigenvalue weighted by molar-refractivity contribution is -0.114. The molecule has 2 N–H and O–H groups in total. The molecule has 6 saturated carbocycles. The summed E-state index contributed by atoms with van der Waals surface area (Å²) in [5.74, 6) is 5.00. The third kappa shape index (κ3) is 2.29. The summed E-state index contributed by atoms with van der Waals surface area (Å²) in [6.45, 7) is 14.7. The van der Waals surface area contributed by atoms with Crippen LogP contribution in [0.15, 0.2) is 0 Å². The Morgan fingerprint density at radius 3 is 1.42 bits per heavy atom. The highest BCUT2D eigenvalue weighted by Gasteiger charge is 2.57. The number of hydrogen-bond acceptors (Lipinski definition) is 1. The highest BCUT2D eigenvalue weighted by atomic mass is 32.1. The van der Waals surface area contributed by atoms with Crippen molar-refractivity contribution >= 4 is 17.3 Å². The maximum absolute atomic E-state index is 5.72. The van der Waals surface area contributed by atoms with Gasteiger partial charge >= 0.3 is 0 Å². The van der Waals surface area contributed by atoms with Crippen LogP contribution in [0.1, 0.15) is 67.2 Å². The highest BCUT2D eigenvalue weighted by molar-refractivity contribution is 7.80. The minimum atomic E-state index is 0.553. The van der Waals surface area contributed by atoms with Crippen molar-refractivity contribution in [2.75, 3.05) is 0 Å². The van der Waals surface area contributed by atoms with Gasteiger partial charge in [-0.3, -0.25) is 0 Å². The maximum Gasteiger partial charge on any atom is 0.166 e. The Labute approximate surface area is 153 Å². The third-order valence-electron chi connectivity index (χ3n) is 9.34. The highest BCUT2D eigenvalue weighted by Crippen LogP contribution is 2.62. The Hall–Kier alpha value is -0.310. The fourth-order valence-corrected chi connectivity index (χ4v) is 7.36. The topological polar surface area (TPSA) is 24.1 Å². The van der Waals surface area contributed by atoms with Crippen molar-refractivity contribution in [3.05, 3.63) is 0 Å². The summed E-state index contributed by atoms with van der Waals surface area (Å²) in [7, 11) is 0. The first kappa shape index (κ1) is 17.1. The molecule has 0 unspecified atom stereocenters. The molecule has 6 aliphatic rings. The third-order valence-corrected chi connectivity index (χ3v) is 9.58. The molecule has 0 spiro atoms. The van der Waals surface area contributed by atoms with E-state index in [0.717, 1.165) is 40.6 Å². The minimum Gasteiger partial charge on any atom is -0.360 e. The molecule has 0 aromatic rings. The van der Waals surface area contributed by atoms with Crippen LogP contribution in [0.3, 0.4) is 0 Å².